The number of carbonyl (C=O) groups excluding carboxylic acids is 1. The average molecular weight is 524 g/mol. The number of ether oxygens (including phenoxy) is 2. The molecule has 4 heteroatoms. The molecule has 1 aromatic rings. The lowest BCUT2D eigenvalue weighted by atomic mass is 9.36. The molecule has 1 heterocycles. The Morgan fingerprint density at radius 2 is 1.32 bits per heavy atom. The van der Waals surface area contributed by atoms with Gasteiger partial charge in [-0.05, 0) is 53.7 Å². The highest BCUT2D eigenvalue weighted by Gasteiger charge is 2.82. The molecule has 0 saturated heterocycles. The molecule has 1 unspecified atom stereocenters. The second-order valence-corrected chi connectivity index (χ2v) is 16.7. The van der Waals surface area contributed by atoms with Gasteiger partial charge in [0.05, 0.1) is 0 Å². The van der Waals surface area contributed by atoms with Gasteiger partial charge in [-0.1, -0.05) is 113 Å². The van der Waals surface area contributed by atoms with Crippen molar-refractivity contribution in [3.8, 4) is 0 Å². The predicted octanol–water partition coefficient (Wildman–Crippen LogP) is 9.11. The molecule has 0 spiro atoms. The molecule has 0 saturated carbocycles. The zero-order valence-corrected chi connectivity index (χ0v) is 26.8. The summed E-state index contributed by atoms with van der Waals surface area (Å²) in [5.41, 5.74) is -0.431. The van der Waals surface area contributed by atoms with E-state index in [9.17, 15) is 4.79 Å². The van der Waals surface area contributed by atoms with Crippen LogP contribution in [0.15, 0.2) is 46.5 Å². The van der Waals surface area contributed by atoms with Crippen LogP contribution in [-0.4, -0.2) is 23.1 Å². The van der Waals surface area contributed by atoms with E-state index < -0.39 is 28.1 Å². The lowest BCUT2D eigenvalue weighted by molar-refractivity contribution is -0.213. The Bertz CT molecular complexity index is 1120. The molecule has 212 valence electrons. The first-order chi connectivity index (χ1) is 16.9. The molecule has 0 radical (unpaired) electrons. The van der Waals surface area contributed by atoms with Gasteiger partial charge in [0.1, 0.15) is 11.6 Å². The van der Waals surface area contributed by atoms with Crippen molar-refractivity contribution in [1.29, 1.82) is 0 Å². The number of carbonyl (C=O) groups is 1. The minimum atomic E-state index is -1.12. The van der Waals surface area contributed by atoms with E-state index in [1.807, 2.05) is 39.0 Å². The maximum Gasteiger partial charge on any atom is 0.323 e. The zero-order chi connectivity index (χ0) is 29.3. The molecule has 1 aliphatic carbocycles. The van der Waals surface area contributed by atoms with Crippen molar-refractivity contribution in [2.45, 2.75) is 128 Å². The van der Waals surface area contributed by atoms with Crippen LogP contribution in [0.5, 0.6) is 0 Å². The lowest BCUT2D eigenvalue weighted by Gasteiger charge is -2.71. The summed E-state index contributed by atoms with van der Waals surface area (Å²) in [6, 6.07) is 9.82. The van der Waals surface area contributed by atoms with E-state index in [0.717, 1.165) is 17.0 Å². The van der Waals surface area contributed by atoms with Gasteiger partial charge in [-0.3, -0.25) is 4.79 Å². The van der Waals surface area contributed by atoms with Crippen molar-refractivity contribution < 1.29 is 14.3 Å². The molecule has 0 amide bonds. The predicted molar refractivity (Wildman–Crippen MR) is 158 cm³/mol. The zero-order valence-electron chi connectivity index (χ0n) is 26.8. The molecular formula is C34H53NO3. The lowest BCUT2D eigenvalue weighted by Crippen LogP contribution is -2.77. The minimum absolute atomic E-state index is 0.0344. The molecule has 2 aliphatic rings. The fourth-order valence-corrected chi connectivity index (χ4v) is 6.79. The molecule has 38 heavy (non-hydrogen) atoms. The number of nitrogens with zero attached hydrogens (tertiary/aromatic N) is 1. The van der Waals surface area contributed by atoms with Gasteiger partial charge in [0.25, 0.3) is 0 Å². The molecule has 4 nitrogen and oxygen atoms in total. The molecule has 1 aromatic carbocycles. The number of rotatable bonds is 3. The van der Waals surface area contributed by atoms with E-state index >= 15 is 0 Å². The average Bonchev–Trinajstić information content (AvgIpc) is 2.64. The monoisotopic (exact) mass is 523 g/mol. The summed E-state index contributed by atoms with van der Waals surface area (Å²) < 4.78 is 13.6. The fourth-order valence-electron chi connectivity index (χ4n) is 6.79. The van der Waals surface area contributed by atoms with Crippen LogP contribution in [0.25, 0.3) is 0 Å². The minimum Gasteiger partial charge on any atom is -0.468 e. The van der Waals surface area contributed by atoms with Crippen molar-refractivity contribution >= 4 is 11.9 Å². The summed E-state index contributed by atoms with van der Waals surface area (Å²) in [7, 11) is 0. The van der Waals surface area contributed by atoms with Gasteiger partial charge >= 0.3 is 5.97 Å². The summed E-state index contributed by atoms with van der Waals surface area (Å²) >= 11 is 0. The highest BCUT2D eigenvalue weighted by molar-refractivity contribution is 5.94. The Morgan fingerprint density at radius 3 is 1.71 bits per heavy atom. The highest BCUT2D eigenvalue weighted by atomic mass is 16.6. The van der Waals surface area contributed by atoms with Gasteiger partial charge < -0.3 is 9.47 Å². The molecule has 0 bridgehead atoms. The largest absolute Gasteiger partial charge is 0.468 e. The fraction of sp³-hybridized carbons (Fsp3) is 0.706. The van der Waals surface area contributed by atoms with E-state index in [2.05, 4.69) is 95.2 Å². The highest BCUT2D eigenvalue weighted by Crippen LogP contribution is 2.76. The van der Waals surface area contributed by atoms with Crippen molar-refractivity contribution in [1.82, 2.24) is 0 Å². The third-order valence-corrected chi connectivity index (χ3v) is 7.58. The molecule has 3 atom stereocenters. The normalized spacial score (nSPS) is 26.7. The molecule has 0 fully saturated rings. The third-order valence-electron chi connectivity index (χ3n) is 7.58. The van der Waals surface area contributed by atoms with E-state index in [-0.39, 0.29) is 22.2 Å². The van der Waals surface area contributed by atoms with Crippen molar-refractivity contribution in [3.05, 3.63) is 47.0 Å². The van der Waals surface area contributed by atoms with Gasteiger partial charge in [-0.25, -0.2) is 4.99 Å². The van der Waals surface area contributed by atoms with Gasteiger partial charge in [-0.2, -0.15) is 0 Å². The number of hydrogen-bond donors (Lipinski definition) is 0. The molecule has 0 aromatic heterocycles. The van der Waals surface area contributed by atoms with Gasteiger partial charge in [0, 0.05) is 11.8 Å². The number of fused-ring (bicyclic) bond motifs is 1. The van der Waals surface area contributed by atoms with Gasteiger partial charge in [0.15, 0.2) is 16.9 Å². The van der Waals surface area contributed by atoms with E-state index in [0.29, 0.717) is 6.42 Å². The second-order valence-electron chi connectivity index (χ2n) is 16.7. The summed E-state index contributed by atoms with van der Waals surface area (Å²) in [6.45, 7) is 32.4. The van der Waals surface area contributed by atoms with Crippen LogP contribution in [-0.2, 0) is 14.3 Å². The van der Waals surface area contributed by atoms with Crippen molar-refractivity contribution in [2.24, 2.45) is 32.1 Å². The molecule has 3 rings (SSSR count). The number of benzene rings is 1. The number of hydrogen-bond acceptors (Lipinski definition) is 4. The summed E-state index contributed by atoms with van der Waals surface area (Å²) in [6.07, 6.45) is 0.681. The molecule has 1 aliphatic heterocycles. The number of aliphatic imine (C=N–C) groups is 1. The maximum absolute atomic E-state index is 14.9. The smallest absolute Gasteiger partial charge is 0.323 e. The van der Waals surface area contributed by atoms with E-state index in [1.54, 1.807) is 0 Å². The van der Waals surface area contributed by atoms with Crippen molar-refractivity contribution in [2.75, 3.05) is 0 Å². The standard InChI is InChI=1S/C34H53NO3/c1-28(2,3)21-23-35-26(22-19-17-16-18-20-22)33(27(36)38-32(13,14)15)24(29(4,5)6)25(30(7,8)9)34(33,37-23)31(10,11)12/h16-20,26H,21H2,1-15H3/t26?,33-,34+/m1/s1. The first kappa shape index (κ1) is 30.4. The van der Waals surface area contributed by atoms with Gasteiger partial charge in [-0.15, -0.1) is 0 Å². The Morgan fingerprint density at radius 1 is 0.816 bits per heavy atom. The summed E-state index contributed by atoms with van der Waals surface area (Å²) in [5.74, 6) is 0.473. The van der Waals surface area contributed by atoms with E-state index in [4.69, 9.17) is 14.5 Å². The van der Waals surface area contributed by atoms with E-state index in [1.165, 1.54) is 5.57 Å². The van der Waals surface area contributed by atoms with Crippen LogP contribution in [0.4, 0.5) is 0 Å². The summed E-state index contributed by atoms with van der Waals surface area (Å²) in [4.78, 5) is 20.3. The van der Waals surface area contributed by atoms with Crippen molar-refractivity contribution in [3.63, 3.8) is 0 Å². The van der Waals surface area contributed by atoms with Crippen LogP contribution in [0, 0.1) is 27.1 Å². The Labute approximate surface area is 232 Å². The number of esters is 1. The van der Waals surface area contributed by atoms with Gasteiger partial charge in [0.2, 0.25) is 0 Å². The maximum atomic E-state index is 14.9. The van der Waals surface area contributed by atoms with Crippen LogP contribution in [0.3, 0.4) is 0 Å². The van der Waals surface area contributed by atoms with Crippen LogP contribution < -0.4 is 0 Å². The SMILES string of the molecule is CC(C)(C)CC1=NC(c2ccccc2)[C@@]2(C(=O)OC(C)(C)C)C(C(C)(C)C)=C(C(C)(C)C)[C@@]2(C(C)(C)C)O1. The first-order valence-electron chi connectivity index (χ1n) is 14.2. The topological polar surface area (TPSA) is 47.9 Å². The quantitative estimate of drug-likeness (QED) is 0.293. The van der Waals surface area contributed by atoms with Crippen LogP contribution >= 0.6 is 0 Å². The second kappa shape index (κ2) is 8.96. The third kappa shape index (κ3) is 4.86. The first-order valence-corrected chi connectivity index (χ1v) is 14.2. The summed E-state index contributed by atoms with van der Waals surface area (Å²) in [5, 5.41) is 0. The Balaban J connectivity index is 2.60. The van der Waals surface area contributed by atoms with Crippen LogP contribution in [0.2, 0.25) is 0 Å². The molecule has 0 N–H and O–H groups in total. The van der Waals surface area contributed by atoms with Crippen LogP contribution in [0.1, 0.15) is 122 Å². The molecular weight excluding hydrogens is 470 g/mol. The Hall–Kier alpha value is -2.10. The Kier molecular flexibility index (Phi) is 7.18.